The summed E-state index contributed by atoms with van der Waals surface area (Å²) in [6.45, 7) is 0. The second kappa shape index (κ2) is 7.98. The van der Waals surface area contributed by atoms with Gasteiger partial charge in [0.15, 0.2) is 0 Å². The Kier molecular flexibility index (Phi) is 5.24. The largest absolute Gasteiger partial charge is 0.316 e. The van der Waals surface area contributed by atoms with E-state index in [1.54, 1.807) is 18.3 Å². The van der Waals surface area contributed by atoms with Gasteiger partial charge in [0.25, 0.3) is 11.6 Å². The monoisotopic (exact) mass is 468 g/mol. The number of nitrogens with one attached hydrogen (secondary N) is 1. The minimum Gasteiger partial charge on any atom is -0.316 e. The smallest absolute Gasteiger partial charge is 0.281 e. The molecule has 1 N–H and O–H groups in total. The number of nitro groups is 1. The minimum absolute atomic E-state index is 0.00557. The van der Waals surface area contributed by atoms with Crippen molar-refractivity contribution in [2.45, 2.75) is 0 Å². The Labute approximate surface area is 177 Å². The summed E-state index contributed by atoms with van der Waals surface area (Å²) in [6, 6.07) is 17.8. The van der Waals surface area contributed by atoms with E-state index in [9.17, 15) is 14.9 Å². The van der Waals surface area contributed by atoms with E-state index in [4.69, 9.17) is 0 Å². The molecule has 9 heteroatoms. The van der Waals surface area contributed by atoms with E-state index in [1.807, 2.05) is 47.2 Å². The average Bonchev–Trinajstić information content (AvgIpc) is 3.34. The van der Waals surface area contributed by atoms with Crippen LogP contribution < -0.4 is 5.43 Å². The topological polar surface area (TPSA) is 89.5 Å². The standard InChI is InChI=1S/C20H13BrN4O3S/c21-14-3-5-15(6-4-14)24-9-1-2-17(24)12-22-23-20(26)19-11-13-10-16(25(27)28)7-8-18(13)29-19/h1-12H,(H,23,26). The first-order valence-corrected chi connectivity index (χ1v) is 10.1. The number of carbonyl (C=O) groups excluding carboxylic acids is 1. The molecule has 0 aliphatic heterocycles. The van der Waals surface area contributed by atoms with Gasteiger partial charge in [-0.2, -0.15) is 5.10 Å². The highest BCUT2D eigenvalue weighted by Crippen LogP contribution is 2.28. The normalized spacial score (nSPS) is 11.2. The van der Waals surface area contributed by atoms with Gasteiger partial charge >= 0.3 is 0 Å². The predicted octanol–water partition coefficient (Wildman–Crippen LogP) is 5.13. The summed E-state index contributed by atoms with van der Waals surface area (Å²) >= 11 is 4.67. The molecular formula is C20H13BrN4O3S. The van der Waals surface area contributed by atoms with E-state index < -0.39 is 4.92 Å². The van der Waals surface area contributed by atoms with Crippen molar-refractivity contribution in [3.63, 3.8) is 0 Å². The van der Waals surface area contributed by atoms with E-state index >= 15 is 0 Å². The summed E-state index contributed by atoms with van der Waals surface area (Å²) in [4.78, 5) is 23.3. The molecular weight excluding hydrogens is 456 g/mol. The number of fused-ring (bicyclic) bond motifs is 1. The van der Waals surface area contributed by atoms with Crippen LogP contribution in [0.25, 0.3) is 15.8 Å². The van der Waals surface area contributed by atoms with Crippen molar-refractivity contribution in [3.8, 4) is 5.69 Å². The van der Waals surface area contributed by atoms with Gasteiger partial charge in [-0.3, -0.25) is 14.9 Å². The van der Waals surface area contributed by atoms with Gasteiger partial charge in [0.1, 0.15) is 0 Å². The molecule has 0 aliphatic carbocycles. The van der Waals surface area contributed by atoms with E-state index in [-0.39, 0.29) is 11.6 Å². The summed E-state index contributed by atoms with van der Waals surface area (Å²) in [7, 11) is 0. The second-order valence-electron chi connectivity index (χ2n) is 6.07. The van der Waals surface area contributed by atoms with Gasteiger partial charge in [0.2, 0.25) is 0 Å². The number of aromatic nitrogens is 1. The highest BCUT2D eigenvalue weighted by molar-refractivity contribution is 9.10. The maximum atomic E-state index is 12.4. The van der Waals surface area contributed by atoms with Gasteiger partial charge < -0.3 is 4.57 Å². The van der Waals surface area contributed by atoms with Crippen molar-refractivity contribution >= 4 is 55.2 Å². The van der Waals surface area contributed by atoms with Crippen molar-refractivity contribution in [1.29, 1.82) is 0 Å². The van der Waals surface area contributed by atoms with Gasteiger partial charge in [0.05, 0.1) is 21.7 Å². The molecule has 144 valence electrons. The summed E-state index contributed by atoms with van der Waals surface area (Å²) in [5.41, 5.74) is 4.28. The molecule has 0 saturated carbocycles. The number of thiophene rings is 1. The maximum absolute atomic E-state index is 12.4. The lowest BCUT2D eigenvalue weighted by atomic mass is 10.2. The molecule has 0 radical (unpaired) electrons. The number of non-ortho nitro benzene ring substituents is 1. The number of benzene rings is 2. The lowest BCUT2D eigenvalue weighted by Gasteiger charge is -2.06. The highest BCUT2D eigenvalue weighted by Gasteiger charge is 2.13. The third kappa shape index (κ3) is 4.10. The fraction of sp³-hybridized carbons (Fsp3) is 0. The zero-order valence-corrected chi connectivity index (χ0v) is 17.2. The first-order chi connectivity index (χ1) is 14.0. The zero-order chi connectivity index (χ0) is 20.4. The SMILES string of the molecule is O=C(NN=Cc1cccn1-c1ccc(Br)cc1)c1cc2cc([N+](=O)[O-])ccc2s1. The summed E-state index contributed by atoms with van der Waals surface area (Å²) in [5.74, 6) is -0.369. The summed E-state index contributed by atoms with van der Waals surface area (Å²) < 4.78 is 3.74. The van der Waals surface area contributed by atoms with Crippen molar-refractivity contribution in [3.05, 3.63) is 92.0 Å². The molecule has 0 bridgehead atoms. The Morgan fingerprint density at radius 1 is 1.17 bits per heavy atom. The number of nitro benzene ring substituents is 1. The zero-order valence-electron chi connectivity index (χ0n) is 14.8. The number of hydrazone groups is 1. The van der Waals surface area contributed by atoms with Crippen molar-refractivity contribution in [2.24, 2.45) is 5.10 Å². The van der Waals surface area contributed by atoms with Crippen LogP contribution in [0.3, 0.4) is 0 Å². The Hall–Kier alpha value is -3.30. The molecule has 0 aliphatic rings. The van der Waals surface area contributed by atoms with E-state index in [0.717, 1.165) is 20.6 Å². The van der Waals surface area contributed by atoms with Crippen LogP contribution in [0.4, 0.5) is 5.69 Å². The van der Waals surface area contributed by atoms with Crippen molar-refractivity contribution in [2.75, 3.05) is 0 Å². The summed E-state index contributed by atoms with van der Waals surface area (Å²) in [5, 5.41) is 15.6. The van der Waals surface area contributed by atoms with Gasteiger partial charge in [-0.1, -0.05) is 15.9 Å². The van der Waals surface area contributed by atoms with Crippen LogP contribution in [-0.4, -0.2) is 21.6 Å². The molecule has 2 aromatic carbocycles. The van der Waals surface area contributed by atoms with Gasteiger partial charge in [-0.05, 0) is 48.5 Å². The van der Waals surface area contributed by atoms with Gasteiger partial charge in [-0.25, -0.2) is 5.43 Å². The van der Waals surface area contributed by atoms with Crippen LogP contribution in [0.15, 0.2) is 76.4 Å². The van der Waals surface area contributed by atoms with E-state index in [1.165, 1.54) is 23.5 Å². The van der Waals surface area contributed by atoms with Crippen molar-refractivity contribution in [1.82, 2.24) is 9.99 Å². The van der Waals surface area contributed by atoms with Crippen molar-refractivity contribution < 1.29 is 9.72 Å². The molecule has 4 rings (SSSR count). The number of halogens is 1. The molecule has 2 aromatic heterocycles. The first-order valence-electron chi connectivity index (χ1n) is 8.46. The molecule has 0 fully saturated rings. The fourth-order valence-corrected chi connectivity index (χ4v) is 4.00. The molecule has 0 unspecified atom stereocenters. The maximum Gasteiger partial charge on any atom is 0.281 e. The third-order valence-electron chi connectivity index (χ3n) is 4.18. The molecule has 29 heavy (non-hydrogen) atoms. The molecule has 7 nitrogen and oxygen atoms in total. The van der Waals surface area contributed by atoms with E-state index in [0.29, 0.717) is 10.3 Å². The molecule has 0 saturated heterocycles. The minimum atomic E-state index is -0.457. The van der Waals surface area contributed by atoms with Crippen LogP contribution in [0, 0.1) is 10.1 Å². The number of carbonyl (C=O) groups is 1. The number of hydrogen-bond donors (Lipinski definition) is 1. The van der Waals surface area contributed by atoms with Gasteiger partial charge in [-0.15, -0.1) is 11.3 Å². The molecule has 2 heterocycles. The average molecular weight is 469 g/mol. The lowest BCUT2D eigenvalue weighted by Crippen LogP contribution is -2.16. The third-order valence-corrected chi connectivity index (χ3v) is 5.83. The number of amides is 1. The molecule has 4 aromatic rings. The second-order valence-corrected chi connectivity index (χ2v) is 8.07. The Morgan fingerprint density at radius 3 is 2.72 bits per heavy atom. The number of hydrogen-bond acceptors (Lipinski definition) is 5. The predicted molar refractivity (Wildman–Crippen MR) is 117 cm³/mol. The van der Waals surface area contributed by atoms with Crippen LogP contribution in [0.5, 0.6) is 0 Å². The number of rotatable bonds is 5. The first kappa shape index (κ1) is 19.0. The Balaban J connectivity index is 1.49. The fourth-order valence-electron chi connectivity index (χ4n) is 2.80. The molecule has 0 atom stereocenters. The number of nitrogens with zero attached hydrogens (tertiary/aromatic N) is 3. The van der Waals surface area contributed by atoms with Crippen LogP contribution >= 0.6 is 27.3 Å². The quantitative estimate of drug-likeness (QED) is 0.250. The van der Waals surface area contributed by atoms with Crippen LogP contribution in [0.2, 0.25) is 0 Å². The Morgan fingerprint density at radius 2 is 1.97 bits per heavy atom. The van der Waals surface area contributed by atoms with Gasteiger partial charge in [0, 0.05) is 38.6 Å². The van der Waals surface area contributed by atoms with Crippen LogP contribution in [-0.2, 0) is 0 Å². The highest BCUT2D eigenvalue weighted by atomic mass is 79.9. The van der Waals surface area contributed by atoms with Crippen LogP contribution in [0.1, 0.15) is 15.4 Å². The Bertz CT molecular complexity index is 1240. The van der Waals surface area contributed by atoms with E-state index in [2.05, 4.69) is 26.5 Å². The lowest BCUT2D eigenvalue weighted by molar-refractivity contribution is -0.384. The molecule has 1 amide bonds. The molecule has 0 spiro atoms. The summed E-state index contributed by atoms with van der Waals surface area (Å²) in [6.07, 6.45) is 3.48.